The summed E-state index contributed by atoms with van der Waals surface area (Å²) in [6.07, 6.45) is 1.78. The third-order valence-corrected chi connectivity index (χ3v) is 2.62. The first-order chi connectivity index (χ1) is 7.15. The number of thiocarbonyl (C=S) groups is 1. The van der Waals surface area contributed by atoms with Crippen molar-refractivity contribution in [2.24, 2.45) is 5.73 Å². The van der Waals surface area contributed by atoms with Crippen molar-refractivity contribution in [2.75, 3.05) is 11.9 Å². The molecule has 0 spiro atoms. The van der Waals surface area contributed by atoms with Gasteiger partial charge in [-0.2, -0.15) is 0 Å². The van der Waals surface area contributed by atoms with Gasteiger partial charge in [0, 0.05) is 18.7 Å². The molecule has 0 radical (unpaired) electrons. The highest BCUT2D eigenvalue weighted by atomic mass is 32.1. The molecular formula is C12H18N2S. The molecule has 0 atom stereocenters. The first kappa shape index (κ1) is 12.0. The van der Waals surface area contributed by atoms with Gasteiger partial charge in [0.2, 0.25) is 0 Å². The minimum atomic E-state index is 0.564. The zero-order valence-electron chi connectivity index (χ0n) is 9.34. The molecule has 82 valence electrons. The number of nitrogens with two attached hydrogens (primary N) is 1. The molecule has 2 nitrogen and oxygen atoms in total. The summed E-state index contributed by atoms with van der Waals surface area (Å²) in [5, 5.41) is 3.40. The number of anilines is 1. The molecule has 0 saturated heterocycles. The van der Waals surface area contributed by atoms with E-state index >= 15 is 0 Å². The minimum absolute atomic E-state index is 0.564. The van der Waals surface area contributed by atoms with Crippen LogP contribution in [0.15, 0.2) is 18.2 Å². The van der Waals surface area contributed by atoms with Gasteiger partial charge in [0.05, 0.1) is 4.99 Å². The fourth-order valence-corrected chi connectivity index (χ4v) is 1.69. The molecule has 15 heavy (non-hydrogen) atoms. The predicted molar refractivity (Wildman–Crippen MR) is 70.4 cm³/mol. The lowest BCUT2D eigenvalue weighted by Crippen LogP contribution is -2.15. The number of hydrogen-bond acceptors (Lipinski definition) is 2. The van der Waals surface area contributed by atoms with E-state index in [1.807, 2.05) is 0 Å². The van der Waals surface area contributed by atoms with Gasteiger partial charge in [0.15, 0.2) is 0 Å². The van der Waals surface area contributed by atoms with Gasteiger partial charge in [-0.1, -0.05) is 37.3 Å². The molecule has 0 fully saturated rings. The molecule has 0 amide bonds. The summed E-state index contributed by atoms with van der Waals surface area (Å²) in [7, 11) is 0. The summed E-state index contributed by atoms with van der Waals surface area (Å²) in [6.45, 7) is 5.09. The number of rotatable bonds is 5. The van der Waals surface area contributed by atoms with Gasteiger partial charge in [-0.25, -0.2) is 0 Å². The monoisotopic (exact) mass is 222 g/mol. The molecule has 1 rings (SSSR count). The number of para-hydroxylation sites is 1. The molecule has 1 aromatic carbocycles. The zero-order valence-corrected chi connectivity index (χ0v) is 10.2. The molecule has 0 bridgehead atoms. The Hall–Kier alpha value is -1.09. The van der Waals surface area contributed by atoms with Crippen LogP contribution in [0.4, 0.5) is 5.69 Å². The Labute approximate surface area is 96.9 Å². The summed E-state index contributed by atoms with van der Waals surface area (Å²) in [5.41, 5.74) is 9.31. The van der Waals surface area contributed by atoms with E-state index in [9.17, 15) is 0 Å². The zero-order chi connectivity index (χ0) is 11.3. The highest BCUT2D eigenvalue weighted by Gasteiger charge is 2.02. The average molecular weight is 222 g/mol. The molecule has 0 unspecified atom stereocenters. The lowest BCUT2D eigenvalue weighted by molar-refractivity contribution is 1.07. The standard InChI is InChI=1S/C12H18N2S/c1-3-10-6-4-5-9(2)12(10)14-8-7-11(13)15/h4-6,14H,3,7-8H2,1-2H3,(H2,13,15). The summed E-state index contributed by atoms with van der Waals surface area (Å²) in [5.74, 6) is 0. The largest absolute Gasteiger partial charge is 0.393 e. The van der Waals surface area contributed by atoms with E-state index in [2.05, 4.69) is 37.4 Å². The molecule has 0 aliphatic rings. The van der Waals surface area contributed by atoms with Crippen LogP contribution in [-0.2, 0) is 6.42 Å². The minimum Gasteiger partial charge on any atom is -0.393 e. The van der Waals surface area contributed by atoms with Crippen molar-refractivity contribution in [3.05, 3.63) is 29.3 Å². The smallest absolute Gasteiger partial charge is 0.0745 e. The van der Waals surface area contributed by atoms with Crippen molar-refractivity contribution in [3.8, 4) is 0 Å². The Balaban J connectivity index is 2.70. The van der Waals surface area contributed by atoms with E-state index in [1.165, 1.54) is 16.8 Å². The van der Waals surface area contributed by atoms with Gasteiger partial charge in [0.1, 0.15) is 0 Å². The fraction of sp³-hybridized carbons (Fsp3) is 0.417. The Bertz CT molecular complexity index is 347. The number of benzene rings is 1. The van der Waals surface area contributed by atoms with Crippen molar-refractivity contribution >= 4 is 22.9 Å². The molecule has 3 heteroatoms. The van der Waals surface area contributed by atoms with E-state index < -0.39 is 0 Å². The van der Waals surface area contributed by atoms with Crippen LogP contribution in [-0.4, -0.2) is 11.5 Å². The van der Waals surface area contributed by atoms with Crippen molar-refractivity contribution in [3.63, 3.8) is 0 Å². The maximum Gasteiger partial charge on any atom is 0.0745 e. The molecule has 0 saturated carbocycles. The second kappa shape index (κ2) is 5.71. The van der Waals surface area contributed by atoms with E-state index in [4.69, 9.17) is 18.0 Å². The second-order valence-corrected chi connectivity index (χ2v) is 4.13. The highest BCUT2D eigenvalue weighted by Crippen LogP contribution is 2.20. The summed E-state index contributed by atoms with van der Waals surface area (Å²) in [4.78, 5) is 0.564. The Morgan fingerprint density at radius 1 is 1.47 bits per heavy atom. The highest BCUT2D eigenvalue weighted by molar-refractivity contribution is 7.80. The lowest BCUT2D eigenvalue weighted by Gasteiger charge is -2.13. The maximum absolute atomic E-state index is 5.46. The first-order valence-corrected chi connectivity index (χ1v) is 5.66. The Morgan fingerprint density at radius 2 is 2.20 bits per heavy atom. The SMILES string of the molecule is CCc1cccc(C)c1NCCC(N)=S. The molecule has 0 heterocycles. The van der Waals surface area contributed by atoms with Gasteiger partial charge in [-0.05, 0) is 24.5 Å². The predicted octanol–water partition coefficient (Wildman–Crippen LogP) is 2.65. The van der Waals surface area contributed by atoms with Gasteiger partial charge < -0.3 is 11.1 Å². The van der Waals surface area contributed by atoms with Crippen LogP contribution in [0, 0.1) is 6.92 Å². The maximum atomic E-state index is 5.46. The van der Waals surface area contributed by atoms with Gasteiger partial charge >= 0.3 is 0 Å². The van der Waals surface area contributed by atoms with Gasteiger partial charge in [-0.3, -0.25) is 0 Å². The number of nitrogens with one attached hydrogen (secondary N) is 1. The van der Waals surface area contributed by atoms with Crippen LogP contribution >= 0.6 is 12.2 Å². The van der Waals surface area contributed by atoms with Crippen molar-refractivity contribution in [2.45, 2.75) is 26.7 Å². The molecule has 0 aliphatic carbocycles. The van der Waals surface area contributed by atoms with E-state index in [1.54, 1.807) is 0 Å². The Kier molecular flexibility index (Phi) is 4.56. The van der Waals surface area contributed by atoms with Crippen molar-refractivity contribution < 1.29 is 0 Å². The third-order valence-electron chi connectivity index (χ3n) is 2.41. The fourth-order valence-electron chi connectivity index (χ4n) is 1.59. The quantitative estimate of drug-likeness (QED) is 0.752. The van der Waals surface area contributed by atoms with Gasteiger partial charge in [-0.15, -0.1) is 0 Å². The third kappa shape index (κ3) is 3.51. The van der Waals surface area contributed by atoms with Gasteiger partial charge in [0.25, 0.3) is 0 Å². The lowest BCUT2D eigenvalue weighted by atomic mass is 10.1. The van der Waals surface area contributed by atoms with E-state index in [-0.39, 0.29) is 0 Å². The normalized spacial score (nSPS) is 10.0. The van der Waals surface area contributed by atoms with Crippen LogP contribution in [0.1, 0.15) is 24.5 Å². The molecule has 3 N–H and O–H groups in total. The summed E-state index contributed by atoms with van der Waals surface area (Å²) in [6, 6.07) is 6.35. The van der Waals surface area contributed by atoms with Crippen molar-refractivity contribution in [1.82, 2.24) is 0 Å². The van der Waals surface area contributed by atoms with Crippen LogP contribution in [0.25, 0.3) is 0 Å². The molecule has 0 aliphatic heterocycles. The number of aryl methyl sites for hydroxylation is 2. The van der Waals surface area contributed by atoms with Crippen LogP contribution in [0.5, 0.6) is 0 Å². The molecule has 1 aromatic rings. The van der Waals surface area contributed by atoms with Crippen LogP contribution < -0.4 is 11.1 Å². The Morgan fingerprint density at radius 3 is 2.80 bits per heavy atom. The topological polar surface area (TPSA) is 38.0 Å². The molecule has 0 aromatic heterocycles. The van der Waals surface area contributed by atoms with Crippen molar-refractivity contribution in [1.29, 1.82) is 0 Å². The summed E-state index contributed by atoms with van der Waals surface area (Å²) >= 11 is 4.84. The van der Waals surface area contributed by atoms with Crippen LogP contribution in [0.2, 0.25) is 0 Å². The molecular weight excluding hydrogens is 204 g/mol. The second-order valence-electron chi connectivity index (χ2n) is 3.61. The average Bonchev–Trinajstić information content (AvgIpc) is 2.20. The van der Waals surface area contributed by atoms with E-state index in [0.29, 0.717) is 4.99 Å². The summed E-state index contributed by atoms with van der Waals surface area (Å²) < 4.78 is 0. The van der Waals surface area contributed by atoms with Crippen LogP contribution in [0.3, 0.4) is 0 Å². The number of hydrogen-bond donors (Lipinski definition) is 2. The van der Waals surface area contributed by atoms with E-state index in [0.717, 1.165) is 19.4 Å². The first-order valence-electron chi connectivity index (χ1n) is 5.25.